The van der Waals surface area contributed by atoms with Crippen LogP contribution in [0.3, 0.4) is 0 Å². The van der Waals surface area contributed by atoms with E-state index in [4.69, 9.17) is 20.4 Å². The smallest absolute Gasteiger partial charge is 0.312 e. The van der Waals surface area contributed by atoms with E-state index < -0.39 is 15.4 Å². The first kappa shape index (κ1) is 19.9. The van der Waals surface area contributed by atoms with Crippen LogP contribution in [-0.4, -0.2) is 30.2 Å². The molecule has 4 N–H and O–H groups in total. The van der Waals surface area contributed by atoms with E-state index in [9.17, 15) is 8.42 Å². The van der Waals surface area contributed by atoms with Crippen molar-refractivity contribution in [2.75, 3.05) is 18.1 Å². The van der Waals surface area contributed by atoms with Crippen LogP contribution < -0.4 is 20.4 Å². The van der Waals surface area contributed by atoms with Gasteiger partial charge in [-0.15, -0.1) is 0 Å². The number of nitrogens with zero attached hydrogens (tertiary/aromatic N) is 2. The van der Waals surface area contributed by atoms with Crippen LogP contribution >= 0.6 is 22.6 Å². The fraction of sp³-hybridized carbons (Fsp3) is 0.412. The van der Waals surface area contributed by atoms with E-state index in [1.54, 1.807) is 12.3 Å². The number of hydrogen-bond donors (Lipinski definition) is 2. The van der Waals surface area contributed by atoms with Gasteiger partial charge in [-0.05, 0) is 60.1 Å². The minimum Gasteiger partial charge on any atom is -0.493 e. The van der Waals surface area contributed by atoms with E-state index in [0.717, 1.165) is 12.0 Å². The normalized spacial score (nSPS) is 14.6. The number of rotatable bonds is 7. The van der Waals surface area contributed by atoms with Crippen LogP contribution in [0.15, 0.2) is 18.3 Å². The van der Waals surface area contributed by atoms with Crippen molar-refractivity contribution in [3.05, 3.63) is 33.0 Å². The van der Waals surface area contributed by atoms with Crippen molar-refractivity contribution in [1.29, 1.82) is 0 Å². The fourth-order valence-corrected chi connectivity index (χ4v) is 4.85. The van der Waals surface area contributed by atoms with Gasteiger partial charge >= 0.3 is 10.1 Å². The van der Waals surface area contributed by atoms with Crippen molar-refractivity contribution in [2.45, 2.75) is 37.9 Å². The molecule has 0 radical (unpaired) electrons. The highest BCUT2D eigenvalue weighted by Crippen LogP contribution is 2.36. The topological polar surface area (TPSA) is 130 Å². The van der Waals surface area contributed by atoms with Gasteiger partial charge in [0.2, 0.25) is 5.95 Å². The number of hydrogen-bond acceptors (Lipinski definition) is 8. The molecule has 1 saturated carbocycles. The lowest BCUT2D eigenvalue weighted by atomic mass is 10.0. The predicted octanol–water partition coefficient (Wildman–Crippen LogP) is 2.50. The number of anilines is 2. The summed E-state index contributed by atoms with van der Waals surface area (Å²) in [5.41, 5.74) is 12.9. The molecule has 0 unspecified atom stereocenters. The largest absolute Gasteiger partial charge is 0.493 e. The zero-order valence-corrected chi connectivity index (χ0v) is 17.8. The molecule has 27 heavy (non-hydrogen) atoms. The Bertz CT molecular complexity index is 948. The van der Waals surface area contributed by atoms with Crippen LogP contribution in [0.4, 0.5) is 11.8 Å². The van der Waals surface area contributed by atoms with Gasteiger partial charge in [-0.2, -0.15) is 13.4 Å². The molecular weight excluding hydrogens is 483 g/mol. The van der Waals surface area contributed by atoms with E-state index in [1.807, 2.05) is 35.6 Å². The Morgan fingerprint density at radius 3 is 2.56 bits per heavy atom. The standard InChI is InChI=1S/C17H21IN4O4S/c1-2-25-13-7-10(6-11-9-21-17(20)22-16(11)19)8-14(15(13)18)26-27(23,24)12-4-3-5-12/h7-9,12H,2-6H2,1H3,(H4,19,20,21,22). The third kappa shape index (κ3) is 4.54. The van der Waals surface area contributed by atoms with Crippen LogP contribution in [-0.2, 0) is 16.5 Å². The molecule has 0 spiro atoms. The monoisotopic (exact) mass is 504 g/mol. The first-order valence-electron chi connectivity index (χ1n) is 8.55. The number of halogens is 1. The minimum absolute atomic E-state index is 0.101. The Morgan fingerprint density at radius 2 is 1.96 bits per heavy atom. The van der Waals surface area contributed by atoms with Crippen molar-refractivity contribution in [3.8, 4) is 11.5 Å². The Kier molecular flexibility index (Phi) is 5.94. The molecule has 1 heterocycles. The maximum absolute atomic E-state index is 12.4. The minimum atomic E-state index is -3.66. The average Bonchev–Trinajstić information content (AvgIpc) is 2.52. The number of nitrogen functional groups attached to an aromatic ring is 2. The Labute approximate surface area is 171 Å². The van der Waals surface area contributed by atoms with Gasteiger partial charge in [-0.3, -0.25) is 0 Å². The second-order valence-corrected chi connectivity index (χ2v) is 9.18. The summed E-state index contributed by atoms with van der Waals surface area (Å²) in [6, 6.07) is 3.53. The highest BCUT2D eigenvalue weighted by Gasteiger charge is 2.34. The lowest BCUT2D eigenvalue weighted by Gasteiger charge is -2.25. The molecule has 1 aliphatic carbocycles. The summed E-state index contributed by atoms with van der Waals surface area (Å²) >= 11 is 2.04. The molecule has 3 rings (SSSR count). The Balaban J connectivity index is 1.95. The van der Waals surface area contributed by atoms with Gasteiger partial charge in [0.1, 0.15) is 11.6 Å². The van der Waals surface area contributed by atoms with Gasteiger partial charge in [0.15, 0.2) is 5.75 Å². The van der Waals surface area contributed by atoms with Crippen LogP contribution in [0.1, 0.15) is 37.3 Å². The van der Waals surface area contributed by atoms with Crippen molar-refractivity contribution in [2.24, 2.45) is 0 Å². The molecule has 0 bridgehead atoms. The molecule has 0 aliphatic heterocycles. The van der Waals surface area contributed by atoms with Gasteiger partial charge in [-0.1, -0.05) is 6.42 Å². The second-order valence-electron chi connectivity index (χ2n) is 6.28. The third-order valence-corrected chi connectivity index (χ3v) is 7.11. The lowest BCUT2D eigenvalue weighted by Crippen LogP contribution is -2.32. The van der Waals surface area contributed by atoms with Crippen LogP contribution in [0, 0.1) is 3.57 Å². The molecule has 1 aromatic heterocycles. The number of nitrogens with two attached hydrogens (primary N) is 2. The highest BCUT2D eigenvalue weighted by molar-refractivity contribution is 14.1. The maximum atomic E-state index is 12.4. The van der Waals surface area contributed by atoms with E-state index in [2.05, 4.69) is 9.97 Å². The lowest BCUT2D eigenvalue weighted by molar-refractivity contribution is 0.335. The molecule has 0 atom stereocenters. The predicted molar refractivity (Wildman–Crippen MR) is 111 cm³/mol. The van der Waals surface area contributed by atoms with E-state index in [1.165, 1.54) is 0 Å². The third-order valence-electron chi connectivity index (χ3n) is 4.34. The van der Waals surface area contributed by atoms with Gasteiger partial charge in [0.25, 0.3) is 0 Å². The van der Waals surface area contributed by atoms with Crippen molar-refractivity contribution in [3.63, 3.8) is 0 Å². The number of benzene rings is 1. The summed E-state index contributed by atoms with van der Waals surface area (Å²) in [5, 5.41) is -0.436. The SMILES string of the molecule is CCOc1cc(Cc2cnc(N)nc2N)cc(OS(=O)(=O)C2CCC2)c1I. The van der Waals surface area contributed by atoms with Crippen LogP contribution in [0.25, 0.3) is 0 Å². The number of ether oxygens (including phenoxy) is 1. The molecule has 10 heteroatoms. The van der Waals surface area contributed by atoms with E-state index in [-0.39, 0.29) is 17.5 Å². The highest BCUT2D eigenvalue weighted by atomic mass is 127. The maximum Gasteiger partial charge on any atom is 0.312 e. The molecule has 0 amide bonds. The van der Waals surface area contributed by atoms with Crippen LogP contribution in [0.5, 0.6) is 11.5 Å². The summed E-state index contributed by atoms with van der Waals surface area (Å²) < 4.78 is 36.6. The number of aromatic nitrogens is 2. The fourth-order valence-electron chi connectivity index (χ4n) is 2.69. The molecule has 1 aliphatic rings. The van der Waals surface area contributed by atoms with Gasteiger partial charge in [0.05, 0.1) is 15.4 Å². The molecule has 1 fully saturated rings. The summed E-state index contributed by atoms with van der Waals surface area (Å²) in [4.78, 5) is 7.92. The molecule has 8 nitrogen and oxygen atoms in total. The van der Waals surface area contributed by atoms with Gasteiger partial charge < -0.3 is 20.4 Å². The Hall–Kier alpha value is -1.82. The summed E-state index contributed by atoms with van der Waals surface area (Å²) in [7, 11) is -3.66. The summed E-state index contributed by atoms with van der Waals surface area (Å²) in [6.07, 6.45) is 4.13. The van der Waals surface area contributed by atoms with E-state index in [0.29, 0.717) is 40.8 Å². The van der Waals surface area contributed by atoms with Crippen molar-refractivity contribution < 1.29 is 17.3 Å². The first-order chi connectivity index (χ1) is 12.8. The molecule has 146 valence electrons. The van der Waals surface area contributed by atoms with E-state index >= 15 is 0 Å². The zero-order valence-electron chi connectivity index (χ0n) is 14.8. The molecule has 1 aromatic carbocycles. The van der Waals surface area contributed by atoms with Gasteiger partial charge in [-0.25, -0.2) is 4.98 Å². The van der Waals surface area contributed by atoms with Crippen molar-refractivity contribution in [1.82, 2.24) is 9.97 Å². The molecule has 2 aromatic rings. The quantitative estimate of drug-likeness (QED) is 0.435. The van der Waals surface area contributed by atoms with Crippen LogP contribution in [0.2, 0.25) is 0 Å². The van der Waals surface area contributed by atoms with Gasteiger partial charge in [0, 0.05) is 18.2 Å². The first-order valence-corrected chi connectivity index (χ1v) is 11.1. The Morgan fingerprint density at radius 1 is 1.26 bits per heavy atom. The average molecular weight is 504 g/mol. The summed E-state index contributed by atoms with van der Waals surface area (Å²) in [6.45, 7) is 2.31. The molecular formula is C17H21IN4O4S. The summed E-state index contributed by atoms with van der Waals surface area (Å²) in [5.74, 6) is 1.20. The van der Waals surface area contributed by atoms with Crippen molar-refractivity contribution >= 4 is 44.5 Å². The second kappa shape index (κ2) is 8.05. The zero-order chi connectivity index (χ0) is 19.6. The molecule has 0 saturated heterocycles.